The van der Waals surface area contributed by atoms with E-state index in [9.17, 15) is 9.18 Å². The van der Waals surface area contributed by atoms with Gasteiger partial charge in [0.15, 0.2) is 5.82 Å². The Morgan fingerprint density at radius 2 is 2.20 bits per heavy atom. The van der Waals surface area contributed by atoms with Crippen molar-refractivity contribution >= 4 is 5.91 Å². The number of hydrogen-bond donors (Lipinski definition) is 1. The fourth-order valence-corrected chi connectivity index (χ4v) is 3.27. The van der Waals surface area contributed by atoms with Gasteiger partial charge in [-0.25, -0.2) is 4.39 Å². The zero-order valence-corrected chi connectivity index (χ0v) is 14.4. The van der Waals surface area contributed by atoms with E-state index in [1.165, 1.54) is 31.2 Å². The molecule has 134 valence electrons. The smallest absolute Gasteiger partial charge is 0.315 e. The van der Waals surface area contributed by atoms with E-state index in [-0.39, 0.29) is 17.6 Å². The van der Waals surface area contributed by atoms with Crippen LogP contribution in [0.4, 0.5) is 4.39 Å². The maximum atomic E-state index is 13.0. The highest BCUT2D eigenvalue weighted by molar-refractivity contribution is 5.89. The normalized spacial score (nSPS) is 18.2. The number of aryl methyl sites for hydroxylation is 1. The lowest BCUT2D eigenvalue weighted by Gasteiger charge is -2.31. The van der Waals surface area contributed by atoms with E-state index in [0.717, 1.165) is 32.4 Å². The summed E-state index contributed by atoms with van der Waals surface area (Å²) in [4.78, 5) is 17.9. The Morgan fingerprint density at radius 3 is 2.96 bits per heavy atom. The zero-order chi connectivity index (χ0) is 17.6. The van der Waals surface area contributed by atoms with E-state index < -0.39 is 0 Å². The van der Waals surface area contributed by atoms with E-state index in [1.807, 2.05) is 12.1 Å². The molecule has 1 fully saturated rings. The topological polar surface area (TPSA) is 71.3 Å². The number of aromatic nitrogens is 2. The first kappa shape index (κ1) is 17.5. The summed E-state index contributed by atoms with van der Waals surface area (Å²) in [5.74, 6) is 0.586. The fraction of sp³-hybridized carbons (Fsp3) is 0.500. The second kappa shape index (κ2) is 8.20. The Balaban J connectivity index is 1.50. The molecule has 0 unspecified atom stereocenters. The number of carbonyl (C=O) groups excluding carboxylic acids is 1. The number of likely N-dealkylation sites (tertiary alicyclic amines) is 1. The molecule has 2 aromatic rings. The van der Waals surface area contributed by atoms with Crippen LogP contribution in [0, 0.1) is 11.7 Å². The summed E-state index contributed by atoms with van der Waals surface area (Å²) in [6, 6.07) is 6.75. The molecule has 7 heteroatoms. The van der Waals surface area contributed by atoms with Crippen molar-refractivity contribution in [1.82, 2.24) is 20.4 Å². The van der Waals surface area contributed by atoms with Gasteiger partial charge in [0.25, 0.3) is 0 Å². The third-order valence-corrected chi connectivity index (χ3v) is 4.61. The highest BCUT2D eigenvalue weighted by Gasteiger charge is 2.22. The van der Waals surface area contributed by atoms with Crippen LogP contribution in [0.5, 0.6) is 0 Å². The summed E-state index contributed by atoms with van der Waals surface area (Å²) in [6.45, 7) is 2.56. The molecule has 1 aliphatic rings. The van der Waals surface area contributed by atoms with E-state index in [2.05, 4.69) is 20.4 Å². The lowest BCUT2D eigenvalue weighted by Crippen LogP contribution is -2.35. The summed E-state index contributed by atoms with van der Waals surface area (Å²) in [7, 11) is 1.53. The van der Waals surface area contributed by atoms with Gasteiger partial charge in [-0.3, -0.25) is 9.69 Å². The number of hydrogen-bond acceptors (Lipinski definition) is 5. The Hall–Kier alpha value is -2.28. The van der Waals surface area contributed by atoms with E-state index in [0.29, 0.717) is 18.3 Å². The minimum Gasteiger partial charge on any atom is -0.351 e. The summed E-state index contributed by atoms with van der Waals surface area (Å²) in [5, 5.41) is 6.35. The van der Waals surface area contributed by atoms with Crippen LogP contribution < -0.4 is 5.32 Å². The number of carbonyl (C=O) groups is 1. The van der Waals surface area contributed by atoms with Crippen molar-refractivity contribution < 1.29 is 13.7 Å². The largest absolute Gasteiger partial charge is 0.351 e. The van der Waals surface area contributed by atoms with Gasteiger partial charge >= 0.3 is 11.8 Å². The number of piperidine rings is 1. The van der Waals surface area contributed by atoms with E-state index in [1.54, 1.807) is 0 Å². The number of rotatable bonds is 6. The van der Waals surface area contributed by atoms with Crippen LogP contribution in [-0.2, 0) is 13.0 Å². The van der Waals surface area contributed by atoms with Crippen LogP contribution in [0.2, 0.25) is 0 Å². The molecule has 1 N–H and O–H groups in total. The van der Waals surface area contributed by atoms with E-state index in [4.69, 9.17) is 4.52 Å². The first-order chi connectivity index (χ1) is 12.1. The van der Waals surface area contributed by atoms with Crippen LogP contribution in [0.3, 0.4) is 0 Å². The standard InChI is InChI=1S/C18H23FN4O2/c1-20-17(24)18-21-16(22-25-18)12-23-10-2-3-14(11-23)5-4-13-6-8-15(19)9-7-13/h6-9,14H,2-5,10-12H2,1H3,(H,20,24)/t14-/m0/s1. The van der Waals surface area contributed by atoms with Gasteiger partial charge in [-0.2, -0.15) is 4.98 Å². The molecule has 0 radical (unpaired) electrons. The molecule has 0 aliphatic carbocycles. The molecule has 0 spiro atoms. The van der Waals surface area contributed by atoms with Gasteiger partial charge in [-0.15, -0.1) is 0 Å². The third-order valence-electron chi connectivity index (χ3n) is 4.61. The average molecular weight is 346 g/mol. The summed E-state index contributed by atoms with van der Waals surface area (Å²) in [6.07, 6.45) is 4.38. The SMILES string of the molecule is CNC(=O)c1nc(CN2CCC[C@@H](CCc3ccc(F)cc3)C2)no1. The number of nitrogens with one attached hydrogen (secondary N) is 1. The van der Waals surface area contributed by atoms with Crippen molar-refractivity contribution in [2.24, 2.45) is 5.92 Å². The molecule has 1 aromatic carbocycles. The van der Waals surface area contributed by atoms with Gasteiger partial charge in [0.1, 0.15) is 5.82 Å². The van der Waals surface area contributed by atoms with Crippen molar-refractivity contribution in [3.05, 3.63) is 47.4 Å². The molecule has 1 aliphatic heterocycles. The van der Waals surface area contributed by atoms with Crippen molar-refractivity contribution in [3.63, 3.8) is 0 Å². The zero-order valence-electron chi connectivity index (χ0n) is 14.4. The van der Waals surface area contributed by atoms with Crippen LogP contribution in [-0.4, -0.2) is 41.1 Å². The van der Waals surface area contributed by atoms with Crippen LogP contribution >= 0.6 is 0 Å². The Kier molecular flexibility index (Phi) is 5.75. The fourth-order valence-electron chi connectivity index (χ4n) is 3.27. The van der Waals surface area contributed by atoms with Crippen molar-refractivity contribution in [2.75, 3.05) is 20.1 Å². The number of halogens is 1. The lowest BCUT2D eigenvalue weighted by molar-refractivity contribution is 0.0919. The number of nitrogens with zero attached hydrogens (tertiary/aromatic N) is 3. The van der Waals surface area contributed by atoms with Gasteiger partial charge in [0.05, 0.1) is 6.54 Å². The van der Waals surface area contributed by atoms with Crippen LogP contribution in [0.15, 0.2) is 28.8 Å². The maximum absolute atomic E-state index is 13.0. The second-order valence-electron chi connectivity index (χ2n) is 6.50. The summed E-state index contributed by atoms with van der Waals surface area (Å²) in [5.41, 5.74) is 1.17. The molecule has 2 heterocycles. The average Bonchev–Trinajstić information content (AvgIpc) is 3.09. The second-order valence-corrected chi connectivity index (χ2v) is 6.50. The molecule has 1 amide bonds. The van der Waals surface area contributed by atoms with Gasteiger partial charge in [-0.05, 0) is 55.8 Å². The Bertz CT molecular complexity index is 701. The quantitative estimate of drug-likeness (QED) is 0.870. The molecule has 1 saturated heterocycles. The number of amides is 1. The Morgan fingerprint density at radius 1 is 1.40 bits per heavy atom. The molecule has 1 aromatic heterocycles. The summed E-state index contributed by atoms with van der Waals surface area (Å²) >= 11 is 0. The predicted octanol–water partition coefficient (Wildman–Crippen LogP) is 2.41. The summed E-state index contributed by atoms with van der Waals surface area (Å²) < 4.78 is 17.9. The van der Waals surface area contributed by atoms with Gasteiger partial charge in [-0.1, -0.05) is 17.3 Å². The molecular weight excluding hydrogens is 323 g/mol. The minimum absolute atomic E-state index is 0.00219. The first-order valence-electron chi connectivity index (χ1n) is 8.65. The minimum atomic E-state index is -0.366. The monoisotopic (exact) mass is 346 g/mol. The third kappa shape index (κ3) is 4.85. The van der Waals surface area contributed by atoms with E-state index >= 15 is 0 Å². The van der Waals surface area contributed by atoms with Crippen molar-refractivity contribution in [2.45, 2.75) is 32.2 Å². The molecule has 1 atom stereocenters. The number of benzene rings is 1. The first-order valence-corrected chi connectivity index (χ1v) is 8.65. The van der Waals surface area contributed by atoms with Gasteiger partial charge < -0.3 is 9.84 Å². The van der Waals surface area contributed by atoms with Crippen LogP contribution in [0.1, 0.15) is 41.3 Å². The maximum Gasteiger partial charge on any atom is 0.315 e. The molecule has 25 heavy (non-hydrogen) atoms. The van der Waals surface area contributed by atoms with Crippen LogP contribution in [0.25, 0.3) is 0 Å². The van der Waals surface area contributed by atoms with Gasteiger partial charge in [0.2, 0.25) is 0 Å². The molecule has 3 rings (SSSR count). The molecule has 0 bridgehead atoms. The molecular formula is C18H23FN4O2. The van der Waals surface area contributed by atoms with Crippen molar-refractivity contribution in [3.8, 4) is 0 Å². The molecule has 0 saturated carbocycles. The predicted molar refractivity (Wildman–Crippen MR) is 90.4 cm³/mol. The highest BCUT2D eigenvalue weighted by atomic mass is 19.1. The van der Waals surface area contributed by atoms with Crippen molar-refractivity contribution in [1.29, 1.82) is 0 Å². The van der Waals surface area contributed by atoms with Gasteiger partial charge in [0, 0.05) is 13.6 Å². The lowest BCUT2D eigenvalue weighted by atomic mass is 9.91. The molecule has 6 nitrogen and oxygen atoms in total. The Labute approximate surface area is 146 Å². The highest BCUT2D eigenvalue weighted by Crippen LogP contribution is 2.22.